The molecule has 1 aromatic rings. The van der Waals surface area contributed by atoms with Crippen molar-refractivity contribution >= 4 is 0 Å². The van der Waals surface area contributed by atoms with Crippen LogP contribution in [0, 0.1) is 11.7 Å². The van der Waals surface area contributed by atoms with Gasteiger partial charge in [0.15, 0.2) is 0 Å². The fraction of sp³-hybridized carbons (Fsp3) is 0.600. The van der Waals surface area contributed by atoms with Gasteiger partial charge >= 0.3 is 0 Å². The molecule has 19 heavy (non-hydrogen) atoms. The number of rotatable bonds is 3. The van der Waals surface area contributed by atoms with Crippen molar-refractivity contribution in [1.29, 1.82) is 0 Å². The average molecular weight is 271 g/mol. The molecule has 0 amide bonds. The molecular weight excluding hydrogens is 251 g/mol. The predicted octanol–water partition coefficient (Wildman–Crippen LogP) is 4.04. The molecule has 0 saturated carbocycles. The van der Waals surface area contributed by atoms with Crippen LogP contribution < -0.4 is 0 Å². The summed E-state index contributed by atoms with van der Waals surface area (Å²) >= 11 is 0. The van der Waals surface area contributed by atoms with Crippen LogP contribution in [-0.2, 0) is 5.92 Å². The second kappa shape index (κ2) is 5.53. The fourth-order valence-electron chi connectivity index (χ4n) is 2.73. The number of piperidine rings is 1. The lowest BCUT2D eigenvalue weighted by atomic mass is 9.86. The van der Waals surface area contributed by atoms with Crippen LogP contribution in [0.25, 0.3) is 0 Å². The number of alkyl halides is 2. The maximum atomic E-state index is 14.4. The third kappa shape index (κ3) is 2.94. The summed E-state index contributed by atoms with van der Waals surface area (Å²) in [5.41, 5.74) is -0.460. The molecule has 0 bridgehead atoms. The lowest BCUT2D eigenvalue weighted by Gasteiger charge is -2.37. The number of hydrogen-bond donors (Lipinski definition) is 0. The van der Waals surface area contributed by atoms with Gasteiger partial charge in [0.1, 0.15) is 5.82 Å². The highest BCUT2D eigenvalue weighted by Gasteiger charge is 2.44. The Morgan fingerprint density at radius 3 is 2.26 bits per heavy atom. The van der Waals surface area contributed by atoms with E-state index in [4.69, 9.17) is 0 Å². The average Bonchev–Trinajstić information content (AvgIpc) is 2.39. The maximum Gasteiger partial charge on any atom is 0.278 e. The molecule has 1 saturated heterocycles. The standard InChI is InChI=1S/C15H20F3N/c1-11(2)19-9-7-12(8-10-19)15(17,18)13-5-3-4-6-14(13)16/h3-6,11-12H,7-10H2,1-2H3. The van der Waals surface area contributed by atoms with E-state index < -0.39 is 23.2 Å². The van der Waals surface area contributed by atoms with Crippen molar-refractivity contribution in [1.82, 2.24) is 4.90 Å². The number of halogens is 3. The van der Waals surface area contributed by atoms with Crippen molar-refractivity contribution in [2.24, 2.45) is 5.92 Å². The number of likely N-dealkylation sites (tertiary alicyclic amines) is 1. The molecule has 1 fully saturated rings. The van der Waals surface area contributed by atoms with Gasteiger partial charge in [0, 0.05) is 12.0 Å². The van der Waals surface area contributed by atoms with Crippen LogP contribution in [0.5, 0.6) is 0 Å². The Balaban J connectivity index is 2.12. The van der Waals surface area contributed by atoms with Crippen LogP contribution in [0.3, 0.4) is 0 Å². The molecule has 0 atom stereocenters. The maximum absolute atomic E-state index is 14.4. The minimum atomic E-state index is -3.07. The van der Waals surface area contributed by atoms with Crippen LogP contribution in [0.1, 0.15) is 32.3 Å². The van der Waals surface area contributed by atoms with E-state index in [9.17, 15) is 13.2 Å². The van der Waals surface area contributed by atoms with Crippen molar-refractivity contribution in [3.8, 4) is 0 Å². The Morgan fingerprint density at radius 2 is 1.74 bits per heavy atom. The Morgan fingerprint density at radius 1 is 1.16 bits per heavy atom. The Hall–Kier alpha value is -1.03. The van der Waals surface area contributed by atoms with E-state index in [0.29, 0.717) is 32.0 Å². The predicted molar refractivity (Wildman–Crippen MR) is 69.7 cm³/mol. The monoisotopic (exact) mass is 271 g/mol. The third-order valence-electron chi connectivity index (χ3n) is 4.01. The highest BCUT2D eigenvalue weighted by Crippen LogP contribution is 2.42. The van der Waals surface area contributed by atoms with Gasteiger partial charge in [0.25, 0.3) is 5.92 Å². The number of nitrogens with zero attached hydrogens (tertiary/aromatic N) is 1. The SMILES string of the molecule is CC(C)N1CCC(C(F)(F)c2ccccc2F)CC1. The highest BCUT2D eigenvalue weighted by molar-refractivity contribution is 5.23. The first-order valence-corrected chi connectivity index (χ1v) is 6.79. The summed E-state index contributed by atoms with van der Waals surface area (Å²) < 4.78 is 42.3. The highest BCUT2D eigenvalue weighted by atomic mass is 19.3. The number of hydrogen-bond acceptors (Lipinski definition) is 1. The van der Waals surface area contributed by atoms with Gasteiger partial charge in [-0.15, -0.1) is 0 Å². The zero-order valence-corrected chi connectivity index (χ0v) is 11.4. The molecule has 4 heteroatoms. The van der Waals surface area contributed by atoms with E-state index >= 15 is 0 Å². The molecule has 106 valence electrons. The summed E-state index contributed by atoms with van der Waals surface area (Å²) in [5.74, 6) is -4.65. The number of benzene rings is 1. The second-order valence-corrected chi connectivity index (χ2v) is 5.51. The Kier molecular flexibility index (Phi) is 4.19. The molecule has 1 heterocycles. The van der Waals surface area contributed by atoms with Gasteiger partial charge in [0.2, 0.25) is 0 Å². The molecule has 1 aromatic carbocycles. The summed E-state index contributed by atoms with van der Waals surface area (Å²) in [6.07, 6.45) is 0.832. The van der Waals surface area contributed by atoms with Gasteiger partial charge in [-0.1, -0.05) is 18.2 Å². The summed E-state index contributed by atoms with van der Waals surface area (Å²) in [6.45, 7) is 5.45. The van der Waals surface area contributed by atoms with E-state index in [0.717, 1.165) is 6.07 Å². The van der Waals surface area contributed by atoms with Gasteiger partial charge in [-0.05, 0) is 45.8 Å². The first-order valence-electron chi connectivity index (χ1n) is 6.79. The van der Waals surface area contributed by atoms with Gasteiger partial charge in [-0.3, -0.25) is 0 Å². The molecule has 0 unspecified atom stereocenters. The fourth-order valence-corrected chi connectivity index (χ4v) is 2.73. The van der Waals surface area contributed by atoms with Crippen molar-refractivity contribution in [3.05, 3.63) is 35.6 Å². The zero-order chi connectivity index (χ0) is 14.0. The van der Waals surface area contributed by atoms with Crippen LogP contribution in [-0.4, -0.2) is 24.0 Å². The molecular formula is C15H20F3N. The molecule has 2 rings (SSSR count). The van der Waals surface area contributed by atoms with Crippen LogP contribution in [0.15, 0.2) is 24.3 Å². The molecule has 0 N–H and O–H groups in total. The van der Waals surface area contributed by atoms with E-state index in [2.05, 4.69) is 18.7 Å². The second-order valence-electron chi connectivity index (χ2n) is 5.51. The van der Waals surface area contributed by atoms with Crippen LogP contribution >= 0.6 is 0 Å². The molecule has 0 aliphatic carbocycles. The summed E-state index contributed by atoms with van der Waals surface area (Å²) in [5, 5.41) is 0. The van der Waals surface area contributed by atoms with E-state index in [1.807, 2.05) is 0 Å². The topological polar surface area (TPSA) is 3.24 Å². The Bertz CT molecular complexity index is 423. The van der Waals surface area contributed by atoms with Gasteiger partial charge in [-0.2, -0.15) is 0 Å². The Labute approximate surface area is 112 Å². The molecule has 1 aliphatic rings. The normalized spacial score (nSPS) is 19.1. The lowest BCUT2D eigenvalue weighted by molar-refractivity contribution is -0.0899. The van der Waals surface area contributed by atoms with E-state index in [1.54, 1.807) is 0 Å². The summed E-state index contributed by atoms with van der Waals surface area (Å²) in [6, 6.07) is 5.59. The van der Waals surface area contributed by atoms with Crippen LogP contribution in [0.4, 0.5) is 13.2 Å². The van der Waals surface area contributed by atoms with Gasteiger partial charge < -0.3 is 4.90 Å². The first kappa shape index (κ1) is 14.4. The molecule has 1 aliphatic heterocycles. The molecule has 0 aromatic heterocycles. The van der Waals surface area contributed by atoms with Gasteiger partial charge in [-0.25, -0.2) is 13.2 Å². The van der Waals surface area contributed by atoms with Crippen LogP contribution in [0.2, 0.25) is 0 Å². The van der Waals surface area contributed by atoms with Crippen molar-refractivity contribution in [2.45, 2.75) is 38.7 Å². The molecule has 0 spiro atoms. The summed E-state index contributed by atoms with van der Waals surface area (Å²) in [7, 11) is 0. The third-order valence-corrected chi connectivity index (χ3v) is 4.01. The van der Waals surface area contributed by atoms with Crippen molar-refractivity contribution in [3.63, 3.8) is 0 Å². The van der Waals surface area contributed by atoms with Crippen molar-refractivity contribution in [2.75, 3.05) is 13.1 Å². The quantitative estimate of drug-likeness (QED) is 0.802. The van der Waals surface area contributed by atoms with Gasteiger partial charge in [0.05, 0.1) is 5.56 Å². The molecule has 0 radical (unpaired) electrons. The smallest absolute Gasteiger partial charge is 0.278 e. The van der Waals surface area contributed by atoms with E-state index in [1.165, 1.54) is 18.2 Å². The minimum absolute atomic E-state index is 0.378. The molecule has 1 nitrogen and oxygen atoms in total. The van der Waals surface area contributed by atoms with Crippen molar-refractivity contribution < 1.29 is 13.2 Å². The largest absolute Gasteiger partial charge is 0.301 e. The van der Waals surface area contributed by atoms with E-state index in [-0.39, 0.29) is 0 Å². The summed E-state index contributed by atoms with van der Waals surface area (Å²) in [4.78, 5) is 2.19. The first-order chi connectivity index (χ1) is 8.93. The lowest BCUT2D eigenvalue weighted by Crippen LogP contribution is -2.42. The minimum Gasteiger partial charge on any atom is -0.301 e. The zero-order valence-electron chi connectivity index (χ0n) is 11.4.